The Hall–Kier alpha value is -1.63. The van der Waals surface area contributed by atoms with E-state index in [0.29, 0.717) is 19.4 Å². The van der Waals surface area contributed by atoms with Crippen LogP contribution in [0.5, 0.6) is 0 Å². The SMILES string of the molecule is CNC(C)CNC(=O)CN1C(=O)N(C)C2(CCCCC2)C1=O. The van der Waals surface area contributed by atoms with Gasteiger partial charge in [0.25, 0.3) is 5.91 Å². The third-order valence-corrected chi connectivity index (χ3v) is 4.88. The molecule has 1 aliphatic carbocycles. The highest BCUT2D eigenvalue weighted by Crippen LogP contribution is 2.39. The Morgan fingerprint density at radius 1 is 1.27 bits per heavy atom. The molecule has 1 unspecified atom stereocenters. The molecule has 1 aliphatic heterocycles. The molecule has 2 N–H and O–H groups in total. The Kier molecular flexibility index (Phi) is 5.05. The molecule has 1 heterocycles. The second-order valence-corrected chi connectivity index (χ2v) is 6.32. The minimum atomic E-state index is -0.714. The molecule has 7 heteroatoms. The maximum absolute atomic E-state index is 12.7. The fourth-order valence-corrected chi connectivity index (χ4v) is 3.24. The summed E-state index contributed by atoms with van der Waals surface area (Å²) in [5, 5.41) is 5.76. The van der Waals surface area contributed by atoms with E-state index < -0.39 is 5.54 Å². The minimum absolute atomic E-state index is 0.140. The van der Waals surface area contributed by atoms with Crippen molar-refractivity contribution in [2.45, 2.75) is 50.6 Å². The van der Waals surface area contributed by atoms with E-state index in [1.165, 1.54) is 4.90 Å². The summed E-state index contributed by atoms with van der Waals surface area (Å²) in [4.78, 5) is 39.7. The van der Waals surface area contributed by atoms with Crippen molar-refractivity contribution in [3.8, 4) is 0 Å². The molecule has 1 saturated carbocycles. The van der Waals surface area contributed by atoms with Crippen LogP contribution in [0.3, 0.4) is 0 Å². The topological polar surface area (TPSA) is 81.8 Å². The zero-order chi connectivity index (χ0) is 16.3. The lowest BCUT2D eigenvalue weighted by molar-refractivity contribution is -0.137. The molecular weight excluding hydrogens is 284 g/mol. The normalized spacial score (nSPS) is 22.3. The van der Waals surface area contributed by atoms with Crippen LogP contribution >= 0.6 is 0 Å². The number of rotatable bonds is 5. The van der Waals surface area contributed by atoms with Crippen LogP contribution in [0.25, 0.3) is 0 Å². The number of likely N-dealkylation sites (N-methyl/N-ethyl adjacent to an activating group) is 2. The maximum atomic E-state index is 12.7. The van der Waals surface area contributed by atoms with Crippen LogP contribution in [0.1, 0.15) is 39.0 Å². The highest BCUT2D eigenvalue weighted by Gasteiger charge is 2.55. The van der Waals surface area contributed by atoms with Gasteiger partial charge in [0.1, 0.15) is 12.1 Å². The zero-order valence-corrected chi connectivity index (χ0v) is 13.6. The van der Waals surface area contributed by atoms with Gasteiger partial charge in [-0.3, -0.25) is 14.5 Å². The van der Waals surface area contributed by atoms with Gasteiger partial charge in [-0.1, -0.05) is 19.3 Å². The van der Waals surface area contributed by atoms with Gasteiger partial charge in [-0.25, -0.2) is 4.79 Å². The smallest absolute Gasteiger partial charge is 0.327 e. The summed E-state index contributed by atoms with van der Waals surface area (Å²) in [6, 6.07) is -0.218. The maximum Gasteiger partial charge on any atom is 0.327 e. The number of nitrogens with zero attached hydrogens (tertiary/aromatic N) is 2. The van der Waals surface area contributed by atoms with Gasteiger partial charge in [0.15, 0.2) is 0 Å². The monoisotopic (exact) mass is 310 g/mol. The van der Waals surface area contributed by atoms with Crippen molar-refractivity contribution >= 4 is 17.8 Å². The van der Waals surface area contributed by atoms with E-state index in [9.17, 15) is 14.4 Å². The van der Waals surface area contributed by atoms with Gasteiger partial charge in [0.05, 0.1) is 0 Å². The lowest BCUT2D eigenvalue weighted by Gasteiger charge is -2.35. The number of imide groups is 1. The summed E-state index contributed by atoms with van der Waals surface area (Å²) in [6.45, 7) is 2.21. The van der Waals surface area contributed by atoms with E-state index in [1.807, 2.05) is 14.0 Å². The highest BCUT2D eigenvalue weighted by molar-refractivity contribution is 6.08. The molecule has 7 nitrogen and oxygen atoms in total. The predicted molar refractivity (Wildman–Crippen MR) is 82.2 cm³/mol. The van der Waals surface area contributed by atoms with Crippen LogP contribution in [0.2, 0.25) is 0 Å². The van der Waals surface area contributed by atoms with Crippen molar-refractivity contribution < 1.29 is 14.4 Å². The Morgan fingerprint density at radius 3 is 2.50 bits per heavy atom. The van der Waals surface area contributed by atoms with Gasteiger partial charge >= 0.3 is 6.03 Å². The summed E-state index contributed by atoms with van der Waals surface area (Å²) in [5.74, 6) is -0.512. The van der Waals surface area contributed by atoms with E-state index in [4.69, 9.17) is 0 Å². The zero-order valence-electron chi connectivity index (χ0n) is 13.6. The van der Waals surface area contributed by atoms with Gasteiger partial charge in [-0.05, 0) is 26.8 Å². The van der Waals surface area contributed by atoms with Crippen LogP contribution in [-0.2, 0) is 9.59 Å². The molecule has 1 atom stereocenters. The van der Waals surface area contributed by atoms with Crippen molar-refractivity contribution in [3.05, 3.63) is 0 Å². The summed E-state index contributed by atoms with van der Waals surface area (Å²) in [5.41, 5.74) is -0.714. The minimum Gasteiger partial charge on any atom is -0.353 e. The third-order valence-electron chi connectivity index (χ3n) is 4.88. The summed E-state index contributed by atoms with van der Waals surface area (Å²) < 4.78 is 0. The molecule has 1 spiro atoms. The van der Waals surface area contributed by atoms with E-state index in [1.54, 1.807) is 7.05 Å². The molecule has 2 rings (SSSR count). The average molecular weight is 310 g/mol. The van der Waals surface area contributed by atoms with E-state index >= 15 is 0 Å². The van der Waals surface area contributed by atoms with E-state index in [2.05, 4.69) is 10.6 Å². The molecule has 22 heavy (non-hydrogen) atoms. The second kappa shape index (κ2) is 6.64. The quantitative estimate of drug-likeness (QED) is 0.716. The van der Waals surface area contributed by atoms with Crippen LogP contribution in [-0.4, -0.2) is 66.4 Å². The van der Waals surface area contributed by atoms with E-state index in [0.717, 1.165) is 24.2 Å². The Bertz CT molecular complexity index is 460. The van der Waals surface area contributed by atoms with Crippen LogP contribution in [0, 0.1) is 0 Å². The number of amides is 4. The fourth-order valence-electron chi connectivity index (χ4n) is 3.24. The molecule has 2 aliphatic rings. The molecular formula is C15H26N4O3. The first-order valence-corrected chi connectivity index (χ1v) is 7.96. The third kappa shape index (κ3) is 2.95. The standard InChI is InChI=1S/C15H26N4O3/c1-11(16-2)9-17-12(20)10-19-13(21)15(18(3)14(19)22)7-5-4-6-8-15/h11,16H,4-10H2,1-3H3,(H,17,20). The lowest BCUT2D eigenvalue weighted by Crippen LogP contribution is -2.49. The Labute approximate surface area is 131 Å². The first kappa shape index (κ1) is 16.7. The lowest BCUT2D eigenvalue weighted by atomic mass is 9.81. The molecule has 1 saturated heterocycles. The molecule has 0 bridgehead atoms. The Balaban J connectivity index is 2.01. The van der Waals surface area contributed by atoms with Crippen LogP contribution in [0.15, 0.2) is 0 Å². The van der Waals surface area contributed by atoms with E-state index in [-0.39, 0.29) is 30.4 Å². The first-order chi connectivity index (χ1) is 10.4. The van der Waals surface area contributed by atoms with Crippen molar-refractivity contribution in [2.24, 2.45) is 0 Å². The van der Waals surface area contributed by atoms with Gasteiger partial charge in [0.2, 0.25) is 5.91 Å². The molecule has 0 aromatic heterocycles. The van der Waals surface area contributed by atoms with Crippen LogP contribution in [0.4, 0.5) is 4.79 Å². The van der Waals surface area contributed by atoms with Gasteiger partial charge < -0.3 is 15.5 Å². The summed E-state index contributed by atoms with van der Waals surface area (Å²) in [6.07, 6.45) is 4.39. The van der Waals surface area contributed by atoms with Crippen molar-refractivity contribution in [1.82, 2.24) is 20.4 Å². The fraction of sp³-hybridized carbons (Fsp3) is 0.800. The van der Waals surface area contributed by atoms with Gasteiger partial charge in [-0.15, -0.1) is 0 Å². The summed E-state index contributed by atoms with van der Waals surface area (Å²) >= 11 is 0. The number of hydrogen-bond acceptors (Lipinski definition) is 4. The Morgan fingerprint density at radius 2 is 1.91 bits per heavy atom. The molecule has 0 radical (unpaired) electrons. The number of carbonyl (C=O) groups excluding carboxylic acids is 3. The second-order valence-electron chi connectivity index (χ2n) is 6.32. The van der Waals surface area contributed by atoms with Crippen molar-refractivity contribution in [2.75, 3.05) is 27.2 Å². The predicted octanol–water partition coefficient (Wildman–Crippen LogP) is 0.307. The number of urea groups is 1. The molecule has 4 amide bonds. The van der Waals surface area contributed by atoms with Gasteiger partial charge in [0, 0.05) is 19.6 Å². The van der Waals surface area contributed by atoms with Crippen LogP contribution < -0.4 is 10.6 Å². The molecule has 0 aromatic rings. The van der Waals surface area contributed by atoms with Gasteiger partial charge in [-0.2, -0.15) is 0 Å². The number of hydrogen-bond donors (Lipinski definition) is 2. The largest absolute Gasteiger partial charge is 0.353 e. The summed E-state index contributed by atoms with van der Waals surface area (Å²) in [7, 11) is 3.48. The van der Waals surface area contributed by atoms with Crippen molar-refractivity contribution in [1.29, 1.82) is 0 Å². The molecule has 0 aromatic carbocycles. The average Bonchev–Trinajstić information content (AvgIpc) is 2.70. The first-order valence-electron chi connectivity index (χ1n) is 7.96. The highest BCUT2D eigenvalue weighted by atomic mass is 16.2. The van der Waals surface area contributed by atoms with Crippen molar-refractivity contribution in [3.63, 3.8) is 0 Å². The molecule has 2 fully saturated rings. The molecule has 124 valence electrons. The number of carbonyl (C=O) groups is 3. The number of nitrogens with one attached hydrogen (secondary N) is 2.